The van der Waals surface area contributed by atoms with Crippen molar-refractivity contribution in [3.8, 4) is 0 Å². The molecule has 1 aromatic heterocycles. The summed E-state index contributed by atoms with van der Waals surface area (Å²) in [6.07, 6.45) is 4.31. The van der Waals surface area contributed by atoms with E-state index in [0.29, 0.717) is 18.2 Å². The Hall–Kier alpha value is -1.86. The number of nitrogens with one attached hydrogen (secondary N) is 2. The van der Waals surface area contributed by atoms with Crippen molar-refractivity contribution in [2.75, 3.05) is 62.7 Å². The molecule has 2 aliphatic heterocycles. The first-order chi connectivity index (χ1) is 12.2. The van der Waals surface area contributed by atoms with Crippen LogP contribution in [0.1, 0.15) is 19.8 Å². The second kappa shape index (κ2) is 9.01. The lowest BCUT2D eigenvalue weighted by molar-refractivity contribution is 0.122. The van der Waals surface area contributed by atoms with E-state index in [0.717, 1.165) is 38.7 Å². The number of nitrogens with zero attached hydrogens (tertiary/aromatic N) is 3. The Morgan fingerprint density at radius 1 is 1.24 bits per heavy atom. The van der Waals surface area contributed by atoms with E-state index < -0.39 is 0 Å². The van der Waals surface area contributed by atoms with Crippen LogP contribution in [0.2, 0.25) is 0 Å². The Balaban J connectivity index is 1.39. The average Bonchev–Trinajstić information content (AvgIpc) is 3.14. The number of pyridine rings is 1. The van der Waals surface area contributed by atoms with E-state index in [1.807, 2.05) is 12.1 Å². The van der Waals surface area contributed by atoms with Gasteiger partial charge in [0.1, 0.15) is 5.82 Å². The van der Waals surface area contributed by atoms with Gasteiger partial charge >= 0.3 is 6.03 Å². The highest BCUT2D eigenvalue weighted by Gasteiger charge is 2.15. The standard InChI is InChI=1S/C18H29N5O2/c1-15(14-22-6-2-3-7-22)12-20-18(24)21-16-4-5-17(19-13-16)23-8-10-25-11-9-23/h4-5,13,15H,2-3,6-12,14H2,1H3,(H2,20,21,24)/t15-/m0/s1. The van der Waals surface area contributed by atoms with Crippen LogP contribution in [0, 0.1) is 5.92 Å². The Bertz CT molecular complexity index is 539. The van der Waals surface area contributed by atoms with Crippen LogP contribution in [0.15, 0.2) is 18.3 Å². The minimum absolute atomic E-state index is 0.172. The van der Waals surface area contributed by atoms with Crippen molar-refractivity contribution in [2.24, 2.45) is 5.92 Å². The molecular formula is C18H29N5O2. The van der Waals surface area contributed by atoms with Crippen LogP contribution in [-0.2, 0) is 4.74 Å². The number of morpholine rings is 1. The zero-order chi connectivity index (χ0) is 17.5. The van der Waals surface area contributed by atoms with E-state index in [2.05, 4.69) is 32.3 Å². The summed E-state index contributed by atoms with van der Waals surface area (Å²) < 4.78 is 5.35. The van der Waals surface area contributed by atoms with Gasteiger partial charge in [-0.05, 0) is 44.0 Å². The highest BCUT2D eigenvalue weighted by Crippen LogP contribution is 2.15. The largest absolute Gasteiger partial charge is 0.378 e. The first-order valence-corrected chi connectivity index (χ1v) is 9.26. The number of urea groups is 1. The predicted octanol–water partition coefficient (Wildman–Crippen LogP) is 1.77. The predicted molar refractivity (Wildman–Crippen MR) is 99.1 cm³/mol. The molecule has 25 heavy (non-hydrogen) atoms. The van der Waals surface area contributed by atoms with E-state index in [9.17, 15) is 4.79 Å². The maximum Gasteiger partial charge on any atom is 0.319 e. The number of likely N-dealkylation sites (tertiary alicyclic amines) is 1. The Labute approximate surface area is 149 Å². The molecule has 1 aromatic rings. The first kappa shape index (κ1) is 17.9. The van der Waals surface area contributed by atoms with E-state index >= 15 is 0 Å². The van der Waals surface area contributed by atoms with Crippen molar-refractivity contribution in [3.05, 3.63) is 18.3 Å². The fourth-order valence-electron chi connectivity index (χ4n) is 3.35. The van der Waals surface area contributed by atoms with Crippen LogP contribution >= 0.6 is 0 Å². The summed E-state index contributed by atoms with van der Waals surface area (Å²) in [5.41, 5.74) is 0.710. The molecule has 0 aliphatic carbocycles. The van der Waals surface area contributed by atoms with E-state index in [1.54, 1.807) is 6.20 Å². The topological polar surface area (TPSA) is 69.7 Å². The normalized spacial score (nSPS) is 19.6. The molecule has 0 spiro atoms. The van der Waals surface area contributed by atoms with Gasteiger partial charge in [0.25, 0.3) is 0 Å². The van der Waals surface area contributed by atoms with Gasteiger partial charge in [0.2, 0.25) is 0 Å². The van der Waals surface area contributed by atoms with Gasteiger partial charge in [0.05, 0.1) is 25.1 Å². The highest BCUT2D eigenvalue weighted by atomic mass is 16.5. The Morgan fingerprint density at radius 3 is 2.68 bits per heavy atom. The summed E-state index contributed by atoms with van der Waals surface area (Å²) in [7, 11) is 0. The minimum atomic E-state index is -0.172. The number of anilines is 2. The monoisotopic (exact) mass is 347 g/mol. The summed E-state index contributed by atoms with van der Waals surface area (Å²) in [6.45, 7) is 9.48. The summed E-state index contributed by atoms with van der Waals surface area (Å²) >= 11 is 0. The zero-order valence-electron chi connectivity index (χ0n) is 15.0. The Kier molecular flexibility index (Phi) is 6.47. The number of hydrogen-bond acceptors (Lipinski definition) is 5. The van der Waals surface area contributed by atoms with Crippen LogP contribution in [0.25, 0.3) is 0 Å². The van der Waals surface area contributed by atoms with Crippen LogP contribution in [-0.4, -0.2) is 68.4 Å². The average molecular weight is 347 g/mol. The molecule has 2 amide bonds. The second-order valence-electron chi connectivity index (χ2n) is 6.95. The maximum absolute atomic E-state index is 12.1. The van der Waals surface area contributed by atoms with Crippen molar-refractivity contribution in [1.29, 1.82) is 0 Å². The summed E-state index contributed by atoms with van der Waals surface area (Å²) in [5.74, 6) is 1.37. The number of carbonyl (C=O) groups excluding carboxylic acids is 1. The molecule has 2 N–H and O–H groups in total. The molecule has 0 bridgehead atoms. The van der Waals surface area contributed by atoms with Crippen LogP contribution in [0.5, 0.6) is 0 Å². The van der Waals surface area contributed by atoms with Gasteiger partial charge in [-0.15, -0.1) is 0 Å². The lowest BCUT2D eigenvalue weighted by atomic mass is 10.1. The van der Waals surface area contributed by atoms with Gasteiger partial charge in [-0.1, -0.05) is 6.92 Å². The molecule has 3 rings (SSSR count). The number of hydrogen-bond donors (Lipinski definition) is 2. The molecule has 0 saturated carbocycles. The number of carbonyl (C=O) groups is 1. The molecule has 3 heterocycles. The van der Waals surface area contributed by atoms with Crippen LogP contribution in [0.3, 0.4) is 0 Å². The van der Waals surface area contributed by atoms with E-state index in [-0.39, 0.29) is 6.03 Å². The van der Waals surface area contributed by atoms with Gasteiger partial charge in [-0.25, -0.2) is 9.78 Å². The fourth-order valence-corrected chi connectivity index (χ4v) is 3.35. The molecule has 7 nitrogen and oxygen atoms in total. The van der Waals surface area contributed by atoms with Gasteiger partial charge < -0.3 is 25.2 Å². The Morgan fingerprint density at radius 2 is 2.00 bits per heavy atom. The van der Waals surface area contributed by atoms with Crippen LogP contribution in [0.4, 0.5) is 16.3 Å². The maximum atomic E-state index is 12.1. The number of rotatable bonds is 6. The summed E-state index contributed by atoms with van der Waals surface area (Å²) in [6, 6.07) is 3.66. The molecule has 2 saturated heterocycles. The summed E-state index contributed by atoms with van der Waals surface area (Å²) in [5, 5.41) is 5.80. The van der Waals surface area contributed by atoms with Gasteiger partial charge in [-0.3, -0.25) is 0 Å². The molecule has 0 radical (unpaired) electrons. The first-order valence-electron chi connectivity index (χ1n) is 9.26. The zero-order valence-corrected chi connectivity index (χ0v) is 15.0. The third-order valence-corrected chi connectivity index (χ3v) is 4.72. The smallest absolute Gasteiger partial charge is 0.319 e. The second-order valence-corrected chi connectivity index (χ2v) is 6.95. The molecular weight excluding hydrogens is 318 g/mol. The van der Waals surface area contributed by atoms with Crippen molar-refractivity contribution >= 4 is 17.5 Å². The fraction of sp³-hybridized carbons (Fsp3) is 0.667. The lowest BCUT2D eigenvalue weighted by Gasteiger charge is -2.27. The number of ether oxygens (including phenoxy) is 1. The molecule has 7 heteroatoms. The minimum Gasteiger partial charge on any atom is -0.378 e. The third kappa shape index (κ3) is 5.57. The molecule has 0 unspecified atom stereocenters. The van der Waals surface area contributed by atoms with Gasteiger partial charge in [-0.2, -0.15) is 0 Å². The molecule has 2 fully saturated rings. The van der Waals surface area contributed by atoms with Crippen molar-refractivity contribution in [2.45, 2.75) is 19.8 Å². The van der Waals surface area contributed by atoms with Crippen LogP contribution < -0.4 is 15.5 Å². The van der Waals surface area contributed by atoms with E-state index in [1.165, 1.54) is 25.9 Å². The number of amides is 2. The highest BCUT2D eigenvalue weighted by molar-refractivity contribution is 5.89. The summed E-state index contributed by atoms with van der Waals surface area (Å²) in [4.78, 5) is 21.1. The van der Waals surface area contributed by atoms with Gasteiger partial charge in [0, 0.05) is 26.2 Å². The van der Waals surface area contributed by atoms with Crippen molar-refractivity contribution in [3.63, 3.8) is 0 Å². The molecule has 1 atom stereocenters. The van der Waals surface area contributed by atoms with E-state index in [4.69, 9.17) is 4.74 Å². The molecule has 2 aliphatic rings. The molecule has 0 aromatic carbocycles. The number of aromatic nitrogens is 1. The van der Waals surface area contributed by atoms with Crippen molar-refractivity contribution < 1.29 is 9.53 Å². The third-order valence-electron chi connectivity index (χ3n) is 4.72. The van der Waals surface area contributed by atoms with Gasteiger partial charge in [0.15, 0.2) is 0 Å². The molecule has 138 valence electrons. The SMILES string of the molecule is C[C@@H](CNC(=O)Nc1ccc(N2CCOCC2)nc1)CN1CCCC1. The van der Waals surface area contributed by atoms with Crippen molar-refractivity contribution in [1.82, 2.24) is 15.2 Å². The lowest BCUT2D eigenvalue weighted by Crippen LogP contribution is -2.37. The quantitative estimate of drug-likeness (QED) is 0.821.